The molecule has 35 heavy (non-hydrogen) atoms. The first-order valence-electron chi connectivity index (χ1n) is 10.7. The summed E-state index contributed by atoms with van der Waals surface area (Å²) in [5, 5.41) is 13.7. The number of hydrogen-bond donors (Lipinski definition) is 2. The zero-order chi connectivity index (χ0) is 24.5. The fraction of sp³-hybridized carbons (Fsp3) is 0.115. The standard InChI is InChI=1S/C26H20ClN3O4S/c1-33-17-6-4-5-16(14-17)30-24(23(29-26(30)35)20-7-2-3-12-28-20)22-11-10-21(34-22)18-13-15(25(31)32)8-9-19(18)27/h2-14,23-24H,1H3,(H,29,35)(H,31,32)/t23-,24-/m0/s1. The van der Waals surface area contributed by atoms with E-state index in [1.54, 1.807) is 25.4 Å². The van der Waals surface area contributed by atoms with E-state index in [9.17, 15) is 9.90 Å². The third kappa shape index (κ3) is 4.34. The van der Waals surface area contributed by atoms with Crippen molar-refractivity contribution in [1.82, 2.24) is 10.3 Å². The van der Waals surface area contributed by atoms with Crippen LogP contribution in [-0.4, -0.2) is 28.3 Å². The molecule has 2 aromatic heterocycles. The molecule has 7 nitrogen and oxygen atoms in total. The minimum Gasteiger partial charge on any atom is -0.497 e. The second-order valence-electron chi connectivity index (χ2n) is 7.90. The van der Waals surface area contributed by atoms with Crippen LogP contribution in [0.3, 0.4) is 0 Å². The molecule has 0 saturated carbocycles. The summed E-state index contributed by atoms with van der Waals surface area (Å²) in [4.78, 5) is 18.0. The van der Waals surface area contributed by atoms with Crippen LogP contribution in [0, 0.1) is 0 Å². The molecule has 1 aliphatic rings. The number of nitrogens with one attached hydrogen (secondary N) is 1. The molecule has 176 valence electrons. The SMILES string of the molecule is COc1cccc(N2C(=S)N[C@@H](c3ccccn3)[C@@H]2c2ccc(-c3cc(C(=O)O)ccc3Cl)o2)c1. The summed E-state index contributed by atoms with van der Waals surface area (Å²) in [5.74, 6) is 0.723. The average Bonchev–Trinajstić information content (AvgIpc) is 3.49. The van der Waals surface area contributed by atoms with Crippen molar-refractivity contribution in [3.8, 4) is 17.1 Å². The van der Waals surface area contributed by atoms with Gasteiger partial charge in [0.25, 0.3) is 0 Å². The molecule has 0 amide bonds. The molecule has 0 unspecified atom stereocenters. The van der Waals surface area contributed by atoms with Gasteiger partial charge in [-0.25, -0.2) is 4.79 Å². The second-order valence-corrected chi connectivity index (χ2v) is 8.69. The maximum absolute atomic E-state index is 11.5. The van der Waals surface area contributed by atoms with Crippen molar-refractivity contribution in [2.24, 2.45) is 0 Å². The normalized spacial score (nSPS) is 17.3. The number of hydrogen-bond acceptors (Lipinski definition) is 5. The number of rotatable bonds is 6. The van der Waals surface area contributed by atoms with Gasteiger partial charge in [0, 0.05) is 23.5 Å². The van der Waals surface area contributed by atoms with Crippen molar-refractivity contribution in [2.45, 2.75) is 12.1 Å². The van der Waals surface area contributed by atoms with E-state index in [0.29, 0.717) is 33.0 Å². The Labute approximate surface area is 211 Å². The largest absolute Gasteiger partial charge is 0.497 e. The predicted octanol–water partition coefficient (Wildman–Crippen LogP) is 5.88. The third-order valence-corrected chi connectivity index (χ3v) is 6.47. The van der Waals surface area contributed by atoms with Gasteiger partial charge >= 0.3 is 5.97 Å². The Kier molecular flexibility index (Phi) is 6.15. The number of methoxy groups -OCH3 is 1. The zero-order valence-electron chi connectivity index (χ0n) is 18.5. The number of nitrogens with zero attached hydrogens (tertiary/aromatic N) is 2. The number of benzene rings is 2. The minimum atomic E-state index is -1.04. The van der Waals surface area contributed by atoms with E-state index in [4.69, 9.17) is 33.0 Å². The van der Waals surface area contributed by atoms with Gasteiger partial charge < -0.3 is 24.5 Å². The van der Waals surface area contributed by atoms with Gasteiger partial charge in [-0.05, 0) is 66.8 Å². The number of carboxylic acid groups (broad SMARTS) is 1. The van der Waals surface area contributed by atoms with Gasteiger partial charge in [-0.15, -0.1) is 0 Å². The molecule has 1 aliphatic heterocycles. The summed E-state index contributed by atoms with van der Waals surface area (Å²) >= 11 is 12.1. The molecule has 2 atom stereocenters. The fourth-order valence-electron chi connectivity index (χ4n) is 4.19. The molecule has 0 radical (unpaired) electrons. The summed E-state index contributed by atoms with van der Waals surface area (Å²) in [5.41, 5.74) is 2.24. The van der Waals surface area contributed by atoms with Gasteiger partial charge in [-0.3, -0.25) is 4.98 Å². The Balaban J connectivity index is 1.61. The predicted molar refractivity (Wildman–Crippen MR) is 137 cm³/mol. The smallest absolute Gasteiger partial charge is 0.335 e. The molecule has 4 aromatic rings. The van der Waals surface area contributed by atoms with E-state index in [0.717, 1.165) is 11.4 Å². The lowest BCUT2D eigenvalue weighted by atomic mass is 10.0. The summed E-state index contributed by atoms with van der Waals surface area (Å²) in [6.07, 6.45) is 1.73. The van der Waals surface area contributed by atoms with Crippen LogP contribution in [0.2, 0.25) is 5.02 Å². The Morgan fingerprint density at radius 1 is 1.14 bits per heavy atom. The molecule has 1 saturated heterocycles. The van der Waals surface area contributed by atoms with Gasteiger partial charge in [0.15, 0.2) is 5.11 Å². The van der Waals surface area contributed by atoms with Crippen LogP contribution >= 0.6 is 23.8 Å². The van der Waals surface area contributed by atoms with Crippen molar-refractivity contribution in [3.05, 3.63) is 101 Å². The van der Waals surface area contributed by atoms with Gasteiger partial charge in [-0.2, -0.15) is 0 Å². The van der Waals surface area contributed by atoms with E-state index >= 15 is 0 Å². The van der Waals surface area contributed by atoms with Crippen molar-refractivity contribution in [2.75, 3.05) is 12.0 Å². The zero-order valence-corrected chi connectivity index (χ0v) is 20.1. The lowest BCUT2D eigenvalue weighted by Crippen LogP contribution is -2.29. The number of aromatic nitrogens is 1. The monoisotopic (exact) mass is 505 g/mol. The number of anilines is 1. The Bertz CT molecular complexity index is 1410. The molecule has 3 heterocycles. The number of carboxylic acids is 1. The highest BCUT2D eigenvalue weighted by Crippen LogP contribution is 2.44. The maximum Gasteiger partial charge on any atom is 0.335 e. The first kappa shape index (κ1) is 22.9. The highest BCUT2D eigenvalue weighted by molar-refractivity contribution is 7.80. The third-order valence-electron chi connectivity index (χ3n) is 5.83. The highest BCUT2D eigenvalue weighted by atomic mass is 35.5. The van der Waals surface area contributed by atoms with E-state index in [2.05, 4.69) is 10.3 Å². The lowest BCUT2D eigenvalue weighted by Gasteiger charge is -2.26. The van der Waals surface area contributed by atoms with E-state index in [1.165, 1.54) is 12.1 Å². The van der Waals surface area contributed by atoms with Crippen LogP contribution in [-0.2, 0) is 0 Å². The number of furan rings is 1. The van der Waals surface area contributed by atoms with Crippen LogP contribution in [0.15, 0.2) is 83.4 Å². The van der Waals surface area contributed by atoms with Gasteiger partial charge in [0.2, 0.25) is 0 Å². The molecule has 5 rings (SSSR count). The molecule has 9 heteroatoms. The first-order valence-corrected chi connectivity index (χ1v) is 11.5. The van der Waals surface area contributed by atoms with Crippen LogP contribution in [0.4, 0.5) is 5.69 Å². The molecular formula is C26H20ClN3O4S. The number of carbonyl (C=O) groups is 1. The van der Waals surface area contributed by atoms with Gasteiger partial charge in [0.1, 0.15) is 23.3 Å². The van der Waals surface area contributed by atoms with Crippen LogP contribution in [0.5, 0.6) is 5.75 Å². The van der Waals surface area contributed by atoms with Crippen LogP contribution < -0.4 is 15.0 Å². The molecular weight excluding hydrogens is 486 g/mol. The molecule has 2 aromatic carbocycles. The topological polar surface area (TPSA) is 87.8 Å². The quantitative estimate of drug-likeness (QED) is 0.314. The summed E-state index contributed by atoms with van der Waals surface area (Å²) < 4.78 is 11.7. The van der Waals surface area contributed by atoms with E-state index in [1.807, 2.05) is 53.4 Å². The van der Waals surface area contributed by atoms with Crippen LogP contribution in [0.1, 0.15) is 33.9 Å². The van der Waals surface area contributed by atoms with Gasteiger partial charge in [-0.1, -0.05) is 23.7 Å². The lowest BCUT2D eigenvalue weighted by molar-refractivity contribution is 0.0697. The molecule has 0 spiro atoms. The number of aromatic carboxylic acids is 1. The first-order chi connectivity index (χ1) is 17.0. The number of ether oxygens (including phenoxy) is 1. The van der Waals surface area contributed by atoms with Gasteiger partial charge in [0.05, 0.1) is 29.4 Å². The van der Waals surface area contributed by atoms with Crippen molar-refractivity contribution in [1.29, 1.82) is 0 Å². The van der Waals surface area contributed by atoms with Crippen molar-refractivity contribution in [3.63, 3.8) is 0 Å². The minimum absolute atomic E-state index is 0.121. The number of halogens is 1. The van der Waals surface area contributed by atoms with Crippen molar-refractivity contribution >= 4 is 40.6 Å². The number of thiocarbonyl (C=S) groups is 1. The second kappa shape index (κ2) is 9.40. The summed E-state index contributed by atoms with van der Waals surface area (Å²) in [7, 11) is 1.61. The highest BCUT2D eigenvalue weighted by Gasteiger charge is 2.42. The fourth-order valence-corrected chi connectivity index (χ4v) is 4.74. The number of pyridine rings is 1. The molecule has 2 N–H and O–H groups in total. The summed E-state index contributed by atoms with van der Waals surface area (Å²) in [6.45, 7) is 0. The molecule has 0 aliphatic carbocycles. The molecule has 1 fully saturated rings. The van der Waals surface area contributed by atoms with E-state index < -0.39 is 5.97 Å². The Morgan fingerprint density at radius 2 is 2.00 bits per heavy atom. The summed E-state index contributed by atoms with van der Waals surface area (Å²) in [6, 6.07) is 20.8. The average molecular weight is 506 g/mol. The Hall–Kier alpha value is -3.88. The van der Waals surface area contributed by atoms with E-state index in [-0.39, 0.29) is 17.6 Å². The van der Waals surface area contributed by atoms with Crippen LogP contribution in [0.25, 0.3) is 11.3 Å². The maximum atomic E-state index is 11.5. The molecule has 0 bridgehead atoms. The van der Waals surface area contributed by atoms with Crippen molar-refractivity contribution < 1.29 is 19.1 Å². The Morgan fingerprint density at radius 3 is 2.74 bits per heavy atom.